The fraction of sp³-hybridized carbons (Fsp3) is 0.250. The van der Waals surface area contributed by atoms with Crippen molar-refractivity contribution < 1.29 is 4.79 Å². The van der Waals surface area contributed by atoms with Gasteiger partial charge in [-0.25, -0.2) is 4.99 Å². The van der Waals surface area contributed by atoms with Crippen molar-refractivity contribution in [3.8, 4) is 0 Å². The lowest BCUT2D eigenvalue weighted by Crippen LogP contribution is -2.09. The Kier molecular flexibility index (Phi) is 3.65. The zero-order chi connectivity index (χ0) is 14.0. The van der Waals surface area contributed by atoms with Crippen molar-refractivity contribution in [1.82, 2.24) is 0 Å². The Morgan fingerprint density at radius 3 is 2.16 bits per heavy atom. The first-order valence-corrected chi connectivity index (χ1v) is 6.25. The van der Waals surface area contributed by atoms with Crippen LogP contribution in [0, 0.1) is 0 Å². The minimum atomic E-state index is 0.0689. The summed E-state index contributed by atoms with van der Waals surface area (Å²) in [7, 11) is 4.01. The molecule has 0 aliphatic heterocycles. The summed E-state index contributed by atoms with van der Waals surface area (Å²) in [6.07, 6.45) is 3.49. The number of anilines is 1. The summed E-state index contributed by atoms with van der Waals surface area (Å²) < 4.78 is 0. The molecule has 1 aromatic rings. The van der Waals surface area contributed by atoms with Crippen molar-refractivity contribution in [1.29, 1.82) is 0 Å². The maximum absolute atomic E-state index is 11.5. The van der Waals surface area contributed by atoms with Crippen molar-refractivity contribution in [3.63, 3.8) is 0 Å². The van der Waals surface area contributed by atoms with E-state index < -0.39 is 0 Å². The van der Waals surface area contributed by atoms with Crippen molar-refractivity contribution in [2.24, 2.45) is 4.99 Å². The highest BCUT2D eigenvalue weighted by Crippen LogP contribution is 2.21. The van der Waals surface area contributed by atoms with E-state index in [2.05, 4.69) is 4.99 Å². The van der Waals surface area contributed by atoms with Crippen LogP contribution in [0.3, 0.4) is 0 Å². The first kappa shape index (κ1) is 13.3. The number of benzene rings is 1. The van der Waals surface area contributed by atoms with Gasteiger partial charge in [0, 0.05) is 19.8 Å². The Bertz CT molecular complexity index is 590. The molecule has 0 amide bonds. The fourth-order valence-corrected chi connectivity index (χ4v) is 1.86. The summed E-state index contributed by atoms with van der Waals surface area (Å²) in [5.74, 6) is 0.0689. The smallest absolute Gasteiger partial charge is 0.181 e. The predicted molar refractivity (Wildman–Crippen MR) is 80.4 cm³/mol. The van der Waals surface area contributed by atoms with E-state index in [1.807, 2.05) is 63.2 Å². The molecule has 0 bridgehead atoms. The molecular weight excluding hydrogens is 236 g/mol. The molecule has 0 spiro atoms. The van der Waals surface area contributed by atoms with Crippen molar-refractivity contribution >= 4 is 22.9 Å². The van der Waals surface area contributed by atoms with E-state index in [1.54, 1.807) is 6.08 Å². The Morgan fingerprint density at radius 1 is 0.947 bits per heavy atom. The molecule has 0 fully saturated rings. The predicted octanol–water partition coefficient (Wildman–Crippen LogP) is 3.30. The number of nitrogens with zero attached hydrogens (tertiary/aromatic N) is 2. The van der Waals surface area contributed by atoms with E-state index in [1.165, 1.54) is 0 Å². The average Bonchev–Trinajstić information content (AvgIpc) is 2.36. The summed E-state index contributed by atoms with van der Waals surface area (Å²) in [5, 5.41) is 0. The number of allylic oxidation sites excluding steroid dienone is 4. The van der Waals surface area contributed by atoms with Gasteiger partial charge < -0.3 is 4.90 Å². The van der Waals surface area contributed by atoms with Crippen LogP contribution in [0.5, 0.6) is 0 Å². The van der Waals surface area contributed by atoms with Gasteiger partial charge >= 0.3 is 0 Å². The van der Waals surface area contributed by atoms with Crippen LogP contribution in [0.1, 0.15) is 13.8 Å². The topological polar surface area (TPSA) is 32.7 Å². The lowest BCUT2D eigenvalue weighted by Gasteiger charge is -2.12. The van der Waals surface area contributed by atoms with Gasteiger partial charge in [0.05, 0.1) is 11.4 Å². The number of carbonyl (C=O) groups excluding carboxylic acids is 1. The highest BCUT2D eigenvalue weighted by molar-refractivity contribution is 6.22. The zero-order valence-corrected chi connectivity index (χ0v) is 11.8. The van der Waals surface area contributed by atoms with Crippen molar-refractivity contribution in [2.45, 2.75) is 13.8 Å². The monoisotopic (exact) mass is 254 g/mol. The van der Waals surface area contributed by atoms with Gasteiger partial charge in [0.25, 0.3) is 0 Å². The maximum Gasteiger partial charge on any atom is 0.181 e. The summed E-state index contributed by atoms with van der Waals surface area (Å²) in [5.41, 5.74) is 4.53. The SMILES string of the molecule is CC1=CC(=Nc2ccc(N(C)C)cc2)C(C)=CC1=O. The van der Waals surface area contributed by atoms with Crippen molar-refractivity contribution in [2.75, 3.05) is 19.0 Å². The van der Waals surface area contributed by atoms with Crippen LogP contribution in [0.25, 0.3) is 0 Å². The molecule has 0 aromatic heterocycles. The van der Waals surface area contributed by atoms with Gasteiger partial charge in [0.15, 0.2) is 5.78 Å². The molecule has 1 aliphatic carbocycles. The average molecular weight is 254 g/mol. The van der Waals surface area contributed by atoms with E-state index in [0.29, 0.717) is 0 Å². The molecule has 0 radical (unpaired) electrons. The van der Waals surface area contributed by atoms with Crippen LogP contribution in [0.4, 0.5) is 11.4 Å². The molecule has 0 heterocycles. The first-order valence-electron chi connectivity index (χ1n) is 6.25. The Morgan fingerprint density at radius 2 is 1.58 bits per heavy atom. The Balaban J connectivity index is 2.31. The molecule has 98 valence electrons. The highest BCUT2D eigenvalue weighted by Gasteiger charge is 2.12. The third-order valence-corrected chi connectivity index (χ3v) is 3.11. The molecule has 1 aromatic carbocycles. The lowest BCUT2D eigenvalue weighted by molar-refractivity contribution is -0.111. The second-order valence-electron chi connectivity index (χ2n) is 4.93. The first-order chi connectivity index (χ1) is 8.97. The minimum Gasteiger partial charge on any atom is -0.378 e. The molecule has 3 nitrogen and oxygen atoms in total. The molecule has 0 saturated carbocycles. The summed E-state index contributed by atoms with van der Waals surface area (Å²) in [4.78, 5) is 18.1. The molecule has 0 atom stereocenters. The molecule has 3 heteroatoms. The Labute approximate surface area is 114 Å². The molecule has 19 heavy (non-hydrogen) atoms. The second-order valence-corrected chi connectivity index (χ2v) is 4.93. The van der Waals surface area contributed by atoms with E-state index in [0.717, 1.165) is 28.2 Å². The normalized spacial score (nSPS) is 17.3. The van der Waals surface area contributed by atoms with E-state index in [9.17, 15) is 4.79 Å². The summed E-state index contributed by atoms with van der Waals surface area (Å²) in [6.45, 7) is 3.73. The molecule has 0 saturated heterocycles. The number of aliphatic imine (C=N–C) groups is 1. The third-order valence-electron chi connectivity index (χ3n) is 3.11. The van der Waals surface area contributed by atoms with Crippen LogP contribution in [0.15, 0.2) is 52.6 Å². The lowest BCUT2D eigenvalue weighted by atomic mass is 9.98. The number of hydrogen-bond acceptors (Lipinski definition) is 3. The fourth-order valence-electron chi connectivity index (χ4n) is 1.86. The molecule has 0 unspecified atom stereocenters. The van der Waals surface area contributed by atoms with Crippen molar-refractivity contribution in [3.05, 3.63) is 47.6 Å². The van der Waals surface area contributed by atoms with Gasteiger partial charge in [-0.05, 0) is 61.4 Å². The summed E-state index contributed by atoms with van der Waals surface area (Å²) in [6, 6.07) is 8.02. The van der Waals surface area contributed by atoms with Gasteiger partial charge in [-0.2, -0.15) is 0 Å². The van der Waals surface area contributed by atoms with Crippen LogP contribution >= 0.6 is 0 Å². The second kappa shape index (κ2) is 5.22. The van der Waals surface area contributed by atoms with Gasteiger partial charge in [-0.15, -0.1) is 0 Å². The molecular formula is C16H18N2O. The number of hydrogen-bond donors (Lipinski definition) is 0. The van der Waals surface area contributed by atoms with Gasteiger partial charge in [0.2, 0.25) is 0 Å². The number of rotatable bonds is 2. The minimum absolute atomic E-state index is 0.0689. The van der Waals surface area contributed by atoms with E-state index >= 15 is 0 Å². The van der Waals surface area contributed by atoms with Gasteiger partial charge in [-0.1, -0.05) is 0 Å². The van der Waals surface area contributed by atoms with E-state index in [4.69, 9.17) is 0 Å². The number of carbonyl (C=O) groups is 1. The highest BCUT2D eigenvalue weighted by atomic mass is 16.1. The van der Waals surface area contributed by atoms with Gasteiger partial charge in [0.1, 0.15) is 0 Å². The van der Waals surface area contributed by atoms with E-state index in [-0.39, 0.29) is 5.78 Å². The van der Waals surface area contributed by atoms with Gasteiger partial charge in [-0.3, -0.25) is 4.79 Å². The van der Waals surface area contributed by atoms with Crippen LogP contribution < -0.4 is 4.90 Å². The number of ketones is 1. The largest absolute Gasteiger partial charge is 0.378 e. The maximum atomic E-state index is 11.5. The zero-order valence-electron chi connectivity index (χ0n) is 11.8. The standard InChI is InChI=1S/C16H18N2O/c1-11-10-16(19)12(2)9-15(11)17-13-5-7-14(8-6-13)18(3)4/h5-10H,1-4H3. The third kappa shape index (κ3) is 2.99. The van der Waals surface area contributed by atoms with Crippen LogP contribution in [0.2, 0.25) is 0 Å². The van der Waals surface area contributed by atoms with Crippen LogP contribution in [-0.4, -0.2) is 25.6 Å². The molecule has 0 N–H and O–H groups in total. The Hall–Kier alpha value is -2.16. The van der Waals surface area contributed by atoms with Crippen LogP contribution in [-0.2, 0) is 4.79 Å². The molecule has 2 rings (SSSR count). The quantitative estimate of drug-likeness (QED) is 0.759. The summed E-state index contributed by atoms with van der Waals surface area (Å²) >= 11 is 0. The molecule has 1 aliphatic rings.